The highest BCUT2D eigenvalue weighted by molar-refractivity contribution is 7.32. The molecule has 0 aliphatic carbocycles. The molecule has 0 aliphatic heterocycles. The van der Waals surface area contributed by atoms with E-state index in [0.29, 0.717) is 0 Å². The van der Waals surface area contributed by atoms with Crippen LogP contribution in [0, 0.1) is 0 Å². The molecule has 3 N–H and O–H groups in total. The molecule has 0 aromatic rings. The molecule has 0 rings (SSSR count). The summed E-state index contributed by atoms with van der Waals surface area (Å²) in [6.45, 7) is -0.550. The van der Waals surface area contributed by atoms with Crippen LogP contribution >= 0.6 is 8.25 Å². The average Bonchev–Trinajstić information content (AvgIpc) is 1.83. The van der Waals surface area contributed by atoms with E-state index in [9.17, 15) is 9.36 Å². The Hall–Kier alpha value is -0.350. The maximum Gasteiger partial charge on any atom is 0.695 e. The van der Waals surface area contributed by atoms with Gasteiger partial charge in [0.15, 0.2) is 12.4 Å². The minimum Gasteiger partial charge on any atom is -0.324 e. The molecule has 0 bridgehead atoms. The van der Waals surface area contributed by atoms with E-state index in [1.807, 2.05) is 0 Å². The van der Waals surface area contributed by atoms with Crippen molar-refractivity contribution >= 4 is 14.0 Å². The number of carbonyl (C=O) groups is 1. The third-order valence-corrected chi connectivity index (χ3v) is 0.914. The SMILES string of the molecule is NCC(=O)CO[P+](=O)O. The molecule has 0 saturated heterocycles. The molecular weight excluding hydrogens is 145 g/mol. The second kappa shape index (κ2) is 4.52. The molecule has 1 unspecified atom stereocenters. The number of rotatable bonds is 4. The molecule has 0 aromatic heterocycles. The van der Waals surface area contributed by atoms with Crippen LogP contribution in [0.1, 0.15) is 0 Å². The first-order chi connectivity index (χ1) is 4.16. The Morgan fingerprint density at radius 3 is 2.67 bits per heavy atom. The Morgan fingerprint density at radius 2 is 2.33 bits per heavy atom. The van der Waals surface area contributed by atoms with Crippen LogP contribution in [0.2, 0.25) is 0 Å². The molecule has 0 radical (unpaired) electrons. The second-order valence-electron chi connectivity index (χ2n) is 1.25. The number of Topliss-reactive ketones (excluding diaryl/α,β-unsaturated/α-hetero) is 1. The zero-order valence-corrected chi connectivity index (χ0v) is 5.51. The second-order valence-corrected chi connectivity index (χ2v) is 1.99. The first-order valence-corrected chi connectivity index (χ1v) is 3.30. The van der Waals surface area contributed by atoms with Crippen molar-refractivity contribution in [2.24, 2.45) is 5.73 Å². The maximum absolute atomic E-state index is 10.2. The summed E-state index contributed by atoms with van der Waals surface area (Å²) in [5.41, 5.74) is 4.85. The standard InChI is InChI=1S/C3H6NO4P/c4-1-3(5)2-8-9(6)7/h1-2,4H2/p+1. The summed E-state index contributed by atoms with van der Waals surface area (Å²) in [5.74, 6) is -0.396. The van der Waals surface area contributed by atoms with Crippen molar-refractivity contribution in [3.05, 3.63) is 0 Å². The fourth-order valence-corrected chi connectivity index (χ4v) is 0.441. The monoisotopic (exact) mass is 152 g/mol. The van der Waals surface area contributed by atoms with Crippen LogP contribution in [-0.4, -0.2) is 23.8 Å². The highest BCUT2D eigenvalue weighted by Gasteiger charge is 2.13. The van der Waals surface area contributed by atoms with Crippen molar-refractivity contribution in [1.29, 1.82) is 0 Å². The lowest BCUT2D eigenvalue weighted by Crippen LogP contribution is -2.17. The number of nitrogens with two attached hydrogens (primary N) is 1. The highest BCUT2D eigenvalue weighted by atomic mass is 31.1. The van der Waals surface area contributed by atoms with Crippen LogP contribution in [0.3, 0.4) is 0 Å². The normalized spacial score (nSPS) is 11.1. The Bertz CT molecular complexity index is 125. The molecule has 5 nitrogen and oxygen atoms in total. The van der Waals surface area contributed by atoms with Gasteiger partial charge in [0.1, 0.15) is 0 Å². The summed E-state index contributed by atoms with van der Waals surface area (Å²) >= 11 is 0. The Labute approximate surface area is 52.8 Å². The molecule has 0 saturated carbocycles. The van der Waals surface area contributed by atoms with E-state index in [0.717, 1.165) is 0 Å². The van der Waals surface area contributed by atoms with E-state index >= 15 is 0 Å². The Kier molecular flexibility index (Phi) is 4.35. The first kappa shape index (κ1) is 8.65. The van der Waals surface area contributed by atoms with Crippen LogP contribution in [0.5, 0.6) is 0 Å². The van der Waals surface area contributed by atoms with Crippen LogP contribution < -0.4 is 5.73 Å². The van der Waals surface area contributed by atoms with Crippen molar-refractivity contribution in [3.8, 4) is 0 Å². The lowest BCUT2D eigenvalue weighted by atomic mass is 10.4. The van der Waals surface area contributed by atoms with Gasteiger partial charge in [-0.15, -0.1) is 9.42 Å². The van der Waals surface area contributed by atoms with Gasteiger partial charge in [-0.05, 0) is 0 Å². The number of carbonyl (C=O) groups excluding carboxylic acids is 1. The zero-order chi connectivity index (χ0) is 7.28. The Balaban J connectivity index is 3.28. The quantitative estimate of drug-likeness (QED) is 0.513. The van der Waals surface area contributed by atoms with Gasteiger partial charge < -0.3 is 5.73 Å². The lowest BCUT2D eigenvalue weighted by molar-refractivity contribution is -0.119. The van der Waals surface area contributed by atoms with Crippen LogP contribution in [0.15, 0.2) is 0 Å². The van der Waals surface area contributed by atoms with Gasteiger partial charge in [-0.2, -0.15) is 0 Å². The van der Waals surface area contributed by atoms with Crippen molar-refractivity contribution < 1.29 is 18.8 Å². The molecule has 0 aliphatic rings. The van der Waals surface area contributed by atoms with E-state index < -0.39 is 14.0 Å². The molecule has 0 amide bonds. The molecular formula is C3H7NO4P+. The predicted octanol–water partition coefficient (Wildman–Crippen LogP) is -0.820. The van der Waals surface area contributed by atoms with E-state index in [-0.39, 0.29) is 13.2 Å². The summed E-state index contributed by atoms with van der Waals surface area (Å²) < 4.78 is 13.8. The maximum atomic E-state index is 10.2. The molecule has 0 aromatic carbocycles. The third kappa shape index (κ3) is 5.52. The smallest absolute Gasteiger partial charge is 0.324 e. The van der Waals surface area contributed by atoms with E-state index in [2.05, 4.69) is 4.52 Å². The summed E-state index contributed by atoms with van der Waals surface area (Å²) in [6.07, 6.45) is 0. The van der Waals surface area contributed by atoms with Crippen LogP contribution in [-0.2, 0) is 13.9 Å². The topological polar surface area (TPSA) is 89.6 Å². The molecule has 0 spiro atoms. The average molecular weight is 152 g/mol. The zero-order valence-electron chi connectivity index (χ0n) is 4.61. The number of hydrogen-bond acceptors (Lipinski definition) is 4. The van der Waals surface area contributed by atoms with Gasteiger partial charge in [-0.25, -0.2) is 0 Å². The number of hydrogen-bond donors (Lipinski definition) is 2. The highest BCUT2D eigenvalue weighted by Crippen LogP contribution is 2.12. The fourth-order valence-electron chi connectivity index (χ4n) is 0.186. The first-order valence-electron chi connectivity index (χ1n) is 2.17. The summed E-state index contributed by atoms with van der Waals surface area (Å²) in [7, 11) is -2.67. The predicted molar refractivity (Wildman–Crippen MR) is 29.8 cm³/mol. The Morgan fingerprint density at radius 1 is 1.78 bits per heavy atom. The summed E-state index contributed by atoms with van der Waals surface area (Å²) in [4.78, 5) is 18.2. The van der Waals surface area contributed by atoms with Crippen molar-refractivity contribution in [2.45, 2.75) is 0 Å². The largest absolute Gasteiger partial charge is 0.695 e. The van der Waals surface area contributed by atoms with Gasteiger partial charge >= 0.3 is 8.25 Å². The number of ketones is 1. The van der Waals surface area contributed by atoms with Gasteiger partial charge in [0, 0.05) is 4.57 Å². The van der Waals surface area contributed by atoms with Gasteiger partial charge in [0.25, 0.3) is 0 Å². The molecule has 0 heterocycles. The fraction of sp³-hybridized carbons (Fsp3) is 0.667. The molecule has 9 heavy (non-hydrogen) atoms. The third-order valence-electron chi connectivity index (χ3n) is 0.564. The van der Waals surface area contributed by atoms with Gasteiger partial charge in [-0.3, -0.25) is 4.79 Å². The minimum absolute atomic E-state index is 0.164. The molecule has 1 atom stereocenters. The van der Waals surface area contributed by atoms with E-state index in [1.165, 1.54) is 0 Å². The lowest BCUT2D eigenvalue weighted by Gasteiger charge is -1.84. The van der Waals surface area contributed by atoms with Crippen LogP contribution in [0.4, 0.5) is 0 Å². The summed E-state index contributed by atoms with van der Waals surface area (Å²) in [5, 5.41) is 0. The summed E-state index contributed by atoms with van der Waals surface area (Å²) in [6, 6.07) is 0. The van der Waals surface area contributed by atoms with Crippen LogP contribution in [0.25, 0.3) is 0 Å². The van der Waals surface area contributed by atoms with Crippen molar-refractivity contribution in [3.63, 3.8) is 0 Å². The molecule has 52 valence electrons. The van der Waals surface area contributed by atoms with Gasteiger partial charge in [0.2, 0.25) is 0 Å². The van der Waals surface area contributed by atoms with Gasteiger partial charge in [0.05, 0.1) is 6.54 Å². The van der Waals surface area contributed by atoms with Gasteiger partial charge in [-0.1, -0.05) is 0 Å². The minimum atomic E-state index is -2.67. The van der Waals surface area contributed by atoms with E-state index in [1.54, 1.807) is 0 Å². The van der Waals surface area contributed by atoms with Crippen molar-refractivity contribution in [2.75, 3.05) is 13.2 Å². The van der Waals surface area contributed by atoms with Crippen molar-refractivity contribution in [1.82, 2.24) is 0 Å². The molecule has 6 heteroatoms. The molecule has 0 fully saturated rings. The van der Waals surface area contributed by atoms with E-state index in [4.69, 9.17) is 10.6 Å².